The molecule has 0 amide bonds. The Kier molecular flexibility index (Phi) is 5.56. The molecule has 2 N–H and O–H groups in total. The first kappa shape index (κ1) is 20.5. The van der Waals surface area contributed by atoms with Crippen LogP contribution in [0.25, 0.3) is 5.57 Å². The van der Waals surface area contributed by atoms with Crippen molar-refractivity contribution in [1.29, 1.82) is 0 Å². The maximum absolute atomic E-state index is 6.03. The van der Waals surface area contributed by atoms with Crippen molar-refractivity contribution in [2.24, 2.45) is 4.99 Å². The van der Waals surface area contributed by atoms with Crippen molar-refractivity contribution in [2.45, 2.75) is 26.1 Å². The van der Waals surface area contributed by atoms with Gasteiger partial charge in [-0.2, -0.15) is 0 Å². The zero-order valence-electron chi connectivity index (χ0n) is 17.5. The largest absolute Gasteiger partial charge is 0.493 e. The highest BCUT2D eigenvalue weighted by molar-refractivity contribution is 6.30. The van der Waals surface area contributed by atoms with Crippen LogP contribution in [-0.2, 0) is 6.54 Å². The molecule has 1 atom stereocenters. The van der Waals surface area contributed by atoms with E-state index >= 15 is 0 Å². The molecule has 0 radical (unpaired) electrons. The molecule has 6 nitrogen and oxygen atoms in total. The Morgan fingerprint density at radius 3 is 2.53 bits per heavy atom. The van der Waals surface area contributed by atoms with Crippen molar-refractivity contribution < 1.29 is 9.47 Å². The van der Waals surface area contributed by atoms with E-state index in [0.717, 1.165) is 33.3 Å². The molecule has 156 valence electrons. The smallest absolute Gasteiger partial charge is 0.161 e. The van der Waals surface area contributed by atoms with E-state index in [0.29, 0.717) is 18.0 Å². The Balaban J connectivity index is 1.75. The molecule has 1 unspecified atom stereocenters. The van der Waals surface area contributed by atoms with E-state index in [1.165, 1.54) is 0 Å². The molecule has 0 fully saturated rings. The van der Waals surface area contributed by atoms with Crippen molar-refractivity contribution in [3.05, 3.63) is 76.7 Å². The Morgan fingerprint density at radius 2 is 1.83 bits per heavy atom. The van der Waals surface area contributed by atoms with Gasteiger partial charge in [0.1, 0.15) is 5.66 Å². The van der Waals surface area contributed by atoms with Gasteiger partial charge in [-0.25, -0.2) is 10.4 Å². The fraction of sp³-hybridized carbons (Fsp3) is 0.261. The lowest BCUT2D eigenvalue weighted by atomic mass is 9.94. The number of hydrazine groups is 1. The molecule has 0 aliphatic carbocycles. The highest BCUT2D eigenvalue weighted by Crippen LogP contribution is 2.40. The molecule has 30 heavy (non-hydrogen) atoms. The zero-order valence-corrected chi connectivity index (χ0v) is 18.2. The van der Waals surface area contributed by atoms with Crippen LogP contribution >= 0.6 is 11.6 Å². The number of benzene rings is 2. The van der Waals surface area contributed by atoms with Crippen LogP contribution in [0, 0.1) is 0 Å². The molecule has 2 aromatic carbocycles. The van der Waals surface area contributed by atoms with Crippen molar-refractivity contribution in [2.75, 3.05) is 14.2 Å². The van der Waals surface area contributed by atoms with Crippen molar-refractivity contribution in [3.63, 3.8) is 0 Å². The average Bonchev–Trinajstić information content (AvgIpc) is 3.04. The van der Waals surface area contributed by atoms with Gasteiger partial charge in [0.25, 0.3) is 0 Å². The maximum Gasteiger partial charge on any atom is 0.161 e. The molecule has 4 rings (SSSR count). The monoisotopic (exact) mass is 424 g/mol. The summed E-state index contributed by atoms with van der Waals surface area (Å²) >= 11 is 6.03. The van der Waals surface area contributed by atoms with Gasteiger partial charge in [-0.1, -0.05) is 29.8 Å². The van der Waals surface area contributed by atoms with Crippen molar-refractivity contribution in [3.8, 4) is 11.5 Å². The minimum atomic E-state index is -0.562. The fourth-order valence-corrected chi connectivity index (χ4v) is 3.84. The van der Waals surface area contributed by atoms with Gasteiger partial charge < -0.3 is 9.47 Å². The molecular weight excluding hydrogens is 400 g/mol. The summed E-state index contributed by atoms with van der Waals surface area (Å²) in [5.74, 6) is 2.22. The van der Waals surface area contributed by atoms with Crippen LogP contribution in [0.2, 0.25) is 5.02 Å². The number of fused-ring (bicyclic) bond motifs is 1. The summed E-state index contributed by atoms with van der Waals surface area (Å²) in [6.07, 6.45) is 3.97. The number of methoxy groups -OCH3 is 2. The molecule has 2 aliphatic rings. The van der Waals surface area contributed by atoms with Gasteiger partial charge in [-0.3, -0.25) is 10.3 Å². The summed E-state index contributed by atoms with van der Waals surface area (Å²) in [5, 5.41) is 6.33. The van der Waals surface area contributed by atoms with Gasteiger partial charge in [0, 0.05) is 29.1 Å². The first-order valence-electron chi connectivity index (χ1n) is 9.70. The third-order valence-corrected chi connectivity index (χ3v) is 5.53. The lowest BCUT2D eigenvalue weighted by molar-refractivity contribution is 0.244. The third-order valence-electron chi connectivity index (χ3n) is 5.27. The maximum atomic E-state index is 6.03. The Labute approximate surface area is 181 Å². The van der Waals surface area contributed by atoms with Gasteiger partial charge in [-0.15, -0.1) is 0 Å². The quantitative estimate of drug-likeness (QED) is 0.722. The van der Waals surface area contributed by atoms with Gasteiger partial charge in [-0.05, 0) is 55.3 Å². The minimum absolute atomic E-state index is 0.562. The number of halogens is 1. The first-order chi connectivity index (χ1) is 14.4. The summed E-state index contributed by atoms with van der Waals surface area (Å²) < 4.78 is 11.0. The molecule has 0 aromatic heterocycles. The van der Waals surface area contributed by atoms with Gasteiger partial charge >= 0.3 is 0 Å². The molecule has 2 heterocycles. The van der Waals surface area contributed by atoms with E-state index < -0.39 is 5.66 Å². The number of ether oxygens (including phenoxy) is 2. The molecule has 0 saturated carbocycles. The fourth-order valence-electron chi connectivity index (χ4n) is 3.72. The molecular formula is C23H25ClN4O2. The number of allylic oxidation sites excluding steroid dienone is 1. The second kappa shape index (κ2) is 8.14. The number of hydrogen-bond acceptors (Lipinski definition) is 6. The molecule has 7 heteroatoms. The SMILES string of the molecule is COc1ccc(C2=C3N=C(C)C=CN3NC2(C)NCc2ccc(Cl)cc2)cc1OC. The number of nitrogens with zero attached hydrogens (tertiary/aromatic N) is 2. The van der Waals surface area contributed by atoms with Crippen molar-refractivity contribution in [1.82, 2.24) is 15.8 Å². The van der Waals surface area contributed by atoms with Gasteiger partial charge in [0.15, 0.2) is 17.3 Å². The number of aliphatic imine (C=N–C) groups is 1. The van der Waals surface area contributed by atoms with Crippen LogP contribution in [0.1, 0.15) is 25.0 Å². The van der Waals surface area contributed by atoms with E-state index in [9.17, 15) is 0 Å². The highest BCUT2D eigenvalue weighted by atomic mass is 35.5. The molecule has 0 spiro atoms. The molecule has 0 bridgehead atoms. The average molecular weight is 425 g/mol. The van der Waals surface area contributed by atoms with Crippen LogP contribution in [0.5, 0.6) is 11.5 Å². The normalized spacial score (nSPS) is 20.3. The van der Waals surface area contributed by atoms with Gasteiger partial charge in [0.2, 0.25) is 0 Å². The standard InChI is InChI=1S/C23H25ClN4O2/c1-15-11-12-28-22(26-15)21(17-7-10-19(29-3)20(13-17)30-4)23(2,27-28)25-14-16-5-8-18(24)9-6-16/h5-13,25,27H,14H2,1-4H3. The highest BCUT2D eigenvalue weighted by Gasteiger charge is 2.42. The summed E-state index contributed by atoms with van der Waals surface area (Å²) in [4.78, 5) is 4.81. The van der Waals surface area contributed by atoms with E-state index in [1.54, 1.807) is 14.2 Å². The third kappa shape index (κ3) is 3.81. The van der Waals surface area contributed by atoms with Crippen LogP contribution in [0.3, 0.4) is 0 Å². The minimum Gasteiger partial charge on any atom is -0.493 e. The summed E-state index contributed by atoms with van der Waals surface area (Å²) in [5.41, 5.74) is 7.09. The van der Waals surface area contributed by atoms with Crippen LogP contribution in [-0.4, -0.2) is 30.6 Å². The molecule has 2 aliphatic heterocycles. The number of nitrogens with one attached hydrogen (secondary N) is 2. The van der Waals surface area contributed by atoms with Crippen LogP contribution in [0.15, 0.2) is 65.6 Å². The predicted octanol–water partition coefficient (Wildman–Crippen LogP) is 4.34. The van der Waals surface area contributed by atoms with Crippen LogP contribution in [0.4, 0.5) is 0 Å². The Hall–Kier alpha value is -2.80. The summed E-state index contributed by atoms with van der Waals surface area (Å²) in [7, 11) is 3.28. The Bertz CT molecular complexity index is 1050. The van der Waals surface area contributed by atoms with E-state index in [2.05, 4.69) is 17.7 Å². The predicted molar refractivity (Wildman–Crippen MR) is 120 cm³/mol. The molecule has 0 saturated heterocycles. The van der Waals surface area contributed by atoms with E-state index in [1.807, 2.05) is 66.7 Å². The molecule has 2 aromatic rings. The van der Waals surface area contributed by atoms with E-state index in [-0.39, 0.29) is 0 Å². The lowest BCUT2D eigenvalue weighted by Gasteiger charge is -2.31. The Morgan fingerprint density at radius 1 is 1.10 bits per heavy atom. The lowest BCUT2D eigenvalue weighted by Crippen LogP contribution is -2.54. The topological polar surface area (TPSA) is 58.1 Å². The first-order valence-corrected chi connectivity index (χ1v) is 10.1. The number of hydrogen-bond donors (Lipinski definition) is 2. The summed E-state index contributed by atoms with van der Waals surface area (Å²) in [6.45, 7) is 4.76. The van der Waals surface area contributed by atoms with Gasteiger partial charge in [0.05, 0.1) is 14.2 Å². The van der Waals surface area contributed by atoms with Crippen LogP contribution < -0.4 is 20.2 Å². The zero-order chi connectivity index (χ0) is 21.3. The second-order valence-corrected chi connectivity index (χ2v) is 7.86. The second-order valence-electron chi connectivity index (χ2n) is 7.42. The number of rotatable bonds is 6. The van der Waals surface area contributed by atoms with Crippen molar-refractivity contribution >= 4 is 22.9 Å². The van der Waals surface area contributed by atoms with E-state index in [4.69, 9.17) is 26.1 Å². The summed E-state index contributed by atoms with van der Waals surface area (Å²) in [6, 6.07) is 13.8.